The lowest BCUT2D eigenvalue weighted by Gasteiger charge is -2.04. The first-order valence-corrected chi connectivity index (χ1v) is 7.51. The Hall–Kier alpha value is -3.04. The standard InChI is InChI=1S/C18H13ClFNO4/c19-15-9-13(16(20)10-14(15)17(22)23)7-4-8-21-18(24)25-11-12-5-2-1-3-6-12/h1-3,5-6,9-10H,8,11H2,(H,21,24)(H,22,23). The van der Waals surface area contributed by atoms with Crippen LogP contribution in [0.15, 0.2) is 42.5 Å². The monoisotopic (exact) mass is 361 g/mol. The van der Waals surface area contributed by atoms with Crippen LogP contribution in [0.1, 0.15) is 21.5 Å². The number of alkyl carbamates (subject to hydrolysis) is 1. The number of benzene rings is 2. The van der Waals surface area contributed by atoms with Crippen LogP contribution in [0.5, 0.6) is 0 Å². The summed E-state index contributed by atoms with van der Waals surface area (Å²) < 4.78 is 18.7. The quantitative estimate of drug-likeness (QED) is 0.818. The zero-order valence-electron chi connectivity index (χ0n) is 12.9. The Balaban J connectivity index is 1.87. The zero-order chi connectivity index (χ0) is 18.2. The highest BCUT2D eigenvalue weighted by Gasteiger charge is 2.12. The normalized spacial score (nSPS) is 9.68. The van der Waals surface area contributed by atoms with E-state index >= 15 is 0 Å². The van der Waals surface area contributed by atoms with E-state index in [2.05, 4.69) is 17.2 Å². The van der Waals surface area contributed by atoms with Crippen molar-refractivity contribution in [3.05, 3.63) is 70.0 Å². The molecular weight excluding hydrogens is 349 g/mol. The Bertz CT molecular complexity index is 843. The van der Waals surface area contributed by atoms with Gasteiger partial charge in [-0.3, -0.25) is 0 Å². The summed E-state index contributed by atoms with van der Waals surface area (Å²) >= 11 is 5.75. The van der Waals surface area contributed by atoms with Crippen molar-refractivity contribution >= 4 is 23.7 Å². The van der Waals surface area contributed by atoms with Gasteiger partial charge in [-0.2, -0.15) is 0 Å². The number of ether oxygens (including phenoxy) is 1. The SMILES string of the molecule is O=C(NCC#Cc1cc(Cl)c(C(=O)O)cc1F)OCc1ccccc1. The molecule has 0 saturated heterocycles. The van der Waals surface area contributed by atoms with Crippen molar-refractivity contribution in [1.29, 1.82) is 0 Å². The van der Waals surface area contributed by atoms with Crippen molar-refractivity contribution in [1.82, 2.24) is 5.32 Å². The van der Waals surface area contributed by atoms with Gasteiger partial charge < -0.3 is 15.2 Å². The van der Waals surface area contributed by atoms with Gasteiger partial charge in [0, 0.05) is 0 Å². The molecule has 0 unspecified atom stereocenters. The second-order valence-electron chi connectivity index (χ2n) is 4.83. The predicted molar refractivity (Wildman–Crippen MR) is 89.9 cm³/mol. The highest BCUT2D eigenvalue weighted by atomic mass is 35.5. The molecule has 2 rings (SSSR count). The maximum atomic E-state index is 13.7. The highest BCUT2D eigenvalue weighted by molar-refractivity contribution is 6.33. The lowest BCUT2D eigenvalue weighted by Crippen LogP contribution is -2.24. The molecule has 5 nitrogen and oxygen atoms in total. The van der Waals surface area contributed by atoms with Crippen LogP contribution in [0.25, 0.3) is 0 Å². The molecule has 0 aliphatic rings. The molecule has 0 aromatic heterocycles. The molecular formula is C18H13ClFNO4. The van der Waals surface area contributed by atoms with Crippen LogP contribution in [-0.2, 0) is 11.3 Å². The number of aromatic carboxylic acids is 1. The smallest absolute Gasteiger partial charge is 0.408 e. The van der Waals surface area contributed by atoms with Gasteiger partial charge in [0.15, 0.2) is 0 Å². The Morgan fingerprint density at radius 3 is 2.64 bits per heavy atom. The molecule has 0 bridgehead atoms. The first-order valence-electron chi connectivity index (χ1n) is 7.13. The van der Waals surface area contributed by atoms with Gasteiger partial charge in [-0.05, 0) is 17.7 Å². The van der Waals surface area contributed by atoms with Crippen molar-refractivity contribution in [2.45, 2.75) is 6.61 Å². The van der Waals surface area contributed by atoms with E-state index in [-0.39, 0.29) is 29.3 Å². The van der Waals surface area contributed by atoms with Crippen LogP contribution in [-0.4, -0.2) is 23.7 Å². The van der Waals surface area contributed by atoms with E-state index in [4.69, 9.17) is 21.4 Å². The number of carboxylic acids is 1. The molecule has 0 aliphatic heterocycles. The molecule has 128 valence electrons. The summed E-state index contributed by atoms with van der Waals surface area (Å²) in [6, 6.07) is 11.1. The summed E-state index contributed by atoms with van der Waals surface area (Å²) in [5.41, 5.74) is 0.445. The fourth-order valence-electron chi connectivity index (χ4n) is 1.84. The molecule has 2 aromatic rings. The van der Waals surface area contributed by atoms with Gasteiger partial charge in [0.1, 0.15) is 12.4 Å². The summed E-state index contributed by atoms with van der Waals surface area (Å²) in [7, 11) is 0. The summed E-state index contributed by atoms with van der Waals surface area (Å²) in [6.07, 6.45) is -0.655. The molecule has 2 aromatic carbocycles. The molecule has 0 saturated carbocycles. The van der Waals surface area contributed by atoms with Gasteiger partial charge in [-0.15, -0.1) is 0 Å². The predicted octanol–water partition coefficient (Wildman–Crippen LogP) is 3.46. The molecule has 0 aliphatic carbocycles. The van der Waals surface area contributed by atoms with Crippen LogP contribution in [0.2, 0.25) is 5.02 Å². The van der Waals surface area contributed by atoms with Crippen LogP contribution >= 0.6 is 11.6 Å². The highest BCUT2D eigenvalue weighted by Crippen LogP contribution is 2.20. The molecule has 0 radical (unpaired) electrons. The summed E-state index contributed by atoms with van der Waals surface area (Å²) in [6.45, 7) is 0.0619. The van der Waals surface area contributed by atoms with Gasteiger partial charge in [0.05, 0.1) is 22.7 Å². The molecule has 1 amide bonds. The third-order valence-electron chi connectivity index (χ3n) is 3.04. The maximum Gasteiger partial charge on any atom is 0.408 e. The fourth-order valence-corrected chi connectivity index (χ4v) is 2.08. The molecule has 2 N–H and O–H groups in total. The molecule has 7 heteroatoms. The van der Waals surface area contributed by atoms with Gasteiger partial charge in [-0.1, -0.05) is 53.8 Å². The number of nitrogens with one attached hydrogen (secondary N) is 1. The zero-order valence-corrected chi connectivity index (χ0v) is 13.6. The van der Waals surface area contributed by atoms with E-state index in [1.165, 1.54) is 0 Å². The summed E-state index contributed by atoms with van der Waals surface area (Å²) in [4.78, 5) is 22.3. The van der Waals surface area contributed by atoms with Crippen LogP contribution in [0, 0.1) is 17.7 Å². The minimum atomic E-state index is -1.33. The van der Waals surface area contributed by atoms with Crippen molar-refractivity contribution in [2.75, 3.05) is 6.54 Å². The maximum absolute atomic E-state index is 13.7. The Kier molecular flexibility index (Phi) is 6.38. The van der Waals surface area contributed by atoms with Crippen LogP contribution in [0.4, 0.5) is 9.18 Å². The number of rotatable bonds is 4. The van der Waals surface area contributed by atoms with Crippen molar-refractivity contribution in [2.24, 2.45) is 0 Å². The largest absolute Gasteiger partial charge is 0.478 e. The Labute approximate surface area is 148 Å². The van der Waals surface area contributed by atoms with Crippen molar-refractivity contribution in [3.63, 3.8) is 0 Å². The lowest BCUT2D eigenvalue weighted by atomic mass is 10.1. The van der Waals surface area contributed by atoms with Gasteiger partial charge >= 0.3 is 12.1 Å². The van der Waals surface area contributed by atoms with Gasteiger partial charge in [0.25, 0.3) is 0 Å². The summed E-state index contributed by atoms with van der Waals surface area (Å²) in [5, 5.41) is 11.1. The molecule has 0 atom stereocenters. The van der Waals surface area contributed by atoms with E-state index in [0.717, 1.165) is 17.7 Å². The minimum absolute atomic E-state index is 0.0607. The van der Waals surface area contributed by atoms with Crippen molar-refractivity contribution < 1.29 is 23.8 Å². The van der Waals surface area contributed by atoms with E-state index in [1.807, 2.05) is 30.3 Å². The second kappa shape index (κ2) is 8.71. The number of hydrogen-bond acceptors (Lipinski definition) is 3. The average Bonchev–Trinajstić information content (AvgIpc) is 2.60. The number of halogens is 2. The first kappa shape index (κ1) is 18.3. The number of amides is 1. The number of carboxylic acid groups (broad SMARTS) is 1. The second-order valence-corrected chi connectivity index (χ2v) is 5.24. The minimum Gasteiger partial charge on any atom is -0.478 e. The lowest BCUT2D eigenvalue weighted by molar-refractivity contribution is 0.0696. The van der Waals surface area contributed by atoms with Gasteiger partial charge in [0.2, 0.25) is 0 Å². The first-order chi connectivity index (χ1) is 12.0. The topological polar surface area (TPSA) is 75.6 Å². The number of carbonyl (C=O) groups excluding carboxylic acids is 1. The Morgan fingerprint density at radius 2 is 1.96 bits per heavy atom. The van der Waals surface area contributed by atoms with E-state index < -0.39 is 17.9 Å². The fraction of sp³-hybridized carbons (Fsp3) is 0.111. The molecule has 0 heterocycles. The third-order valence-corrected chi connectivity index (χ3v) is 3.36. The van der Waals surface area contributed by atoms with Crippen molar-refractivity contribution in [3.8, 4) is 11.8 Å². The van der Waals surface area contributed by atoms with Gasteiger partial charge in [-0.25, -0.2) is 14.0 Å². The van der Waals surface area contributed by atoms with E-state index in [0.29, 0.717) is 0 Å². The Morgan fingerprint density at radius 1 is 1.24 bits per heavy atom. The van der Waals surface area contributed by atoms with E-state index in [1.54, 1.807) is 0 Å². The molecule has 0 spiro atoms. The van der Waals surface area contributed by atoms with Crippen LogP contribution < -0.4 is 5.32 Å². The number of carbonyl (C=O) groups is 2. The van der Waals surface area contributed by atoms with Crippen LogP contribution in [0.3, 0.4) is 0 Å². The van der Waals surface area contributed by atoms with E-state index in [9.17, 15) is 14.0 Å². The molecule has 0 fully saturated rings. The summed E-state index contributed by atoms with van der Waals surface area (Å²) in [5.74, 6) is 2.88. The third kappa shape index (κ3) is 5.52. The average molecular weight is 362 g/mol. The molecule has 25 heavy (non-hydrogen) atoms. The number of hydrogen-bond donors (Lipinski definition) is 2.